The third-order valence-electron chi connectivity index (χ3n) is 8.70. The minimum atomic E-state index is -2.64. The number of nitrogens with one attached hydrogen (secondary N) is 1. The van der Waals surface area contributed by atoms with Crippen LogP contribution in [0.5, 0.6) is 5.75 Å². The monoisotopic (exact) mass is 540 g/mol. The molecule has 0 spiro atoms. The van der Waals surface area contributed by atoms with E-state index < -0.39 is 58.0 Å². The summed E-state index contributed by atoms with van der Waals surface area (Å²) < 4.78 is 0. The lowest BCUT2D eigenvalue weighted by atomic mass is 9.57. The highest BCUT2D eigenvalue weighted by molar-refractivity contribution is 6.24. The van der Waals surface area contributed by atoms with Crippen LogP contribution in [0.1, 0.15) is 36.0 Å². The van der Waals surface area contributed by atoms with Crippen molar-refractivity contribution in [3.8, 4) is 5.75 Å². The van der Waals surface area contributed by atoms with Crippen LogP contribution in [0.2, 0.25) is 0 Å². The lowest BCUT2D eigenvalue weighted by Crippen LogP contribution is -2.65. The molecule has 2 saturated carbocycles. The summed E-state index contributed by atoms with van der Waals surface area (Å²) in [4.78, 5) is 42.7. The Morgan fingerprint density at radius 2 is 1.82 bits per heavy atom. The van der Waals surface area contributed by atoms with Crippen molar-refractivity contribution in [2.75, 3.05) is 39.6 Å². The molecule has 39 heavy (non-hydrogen) atoms. The summed E-state index contributed by atoms with van der Waals surface area (Å²) in [6.07, 6.45) is 2.66. The van der Waals surface area contributed by atoms with Crippen molar-refractivity contribution in [2.45, 2.75) is 43.9 Å². The molecule has 0 saturated heterocycles. The summed E-state index contributed by atoms with van der Waals surface area (Å²) in [5.74, 6) is -5.83. The Balaban J connectivity index is 1.67. The number of phenolic OH excluding ortho intramolecular Hbond substituents is 1. The Hall–Kier alpha value is -3.41. The molecule has 0 aromatic heterocycles. The number of amides is 1. The van der Waals surface area contributed by atoms with Crippen molar-refractivity contribution in [1.29, 1.82) is 0 Å². The van der Waals surface area contributed by atoms with Crippen molar-refractivity contribution in [3.05, 3.63) is 39.7 Å². The number of aliphatic hydroxyl groups excluding tert-OH is 2. The van der Waals surface area contributed by atoms with Gasteiger partial charge in [0.1, 0.15) is 22.8 Å². The molecule has 2 fully saturated rings. The number of primary amides is 1. The molecule has 1 unspecified atom stereocenters. The number of aliphatic hydroxyl groups is 3. The first-order valence-corrected chi connectivity index (χ1v) is 13.2. The van der Waals surface area contributed by atoms with Crippen LogP contribution in [0.15, 0.2) is 23.0 Å². The van der Waals surface area contributed by atoms with Crippen molar-refractivity contribution in [2.24, 2.45) is 23.5 Å². The lowest BCUT2D eigenvalue weighted by Gasteiger charge is -2.50. The quantitative estimate of drug-likeness (QED) is 0.267. The molecule has 11 heteroatoms. The minimum absolute atomic E-state index is 0.0596. The minimum Gasteiger partial charge on any atom is -0.508 e. The van der Waals surface area contributed by atoms with Crippen LogP contribution in [0.25, 0.3) is 5.76 Å². The first kappa shape index (κ1) is 27.2. The van der Waals surface area contributed by atoms with E-state index in [9.17, 15) is 34.8 Å². The van der Waals surface area contributed by atoms with Gasteiger partial charge in [0.05, 0.1) is 11.6 Å². The van der Waals surface area contributed by atoms with Crippen molar-refractivity contribution in [1.82, 2.24) is 10.2 Å². The third kappa shape index (κ3) is 4.02. The number of likely N-dealkylation sites (N-methyl/N-ethyl adjacent to an activating group) is 1. The van der Waals surface area contributed by atoms with Gasteiger partial charge in [-0.25, -0.2) is 0 Å². The highest BCUT2D eigenvalue weighted by Crippen LogP contribution is 2.54. The molecule has 7 N–H and O–H groups in total. The molecule has 11 nitrogen and oxygen atoms in total. The molecular weight excluding hydrogens is 504 g/mol. The average Bonchev–Trinajstić information content (AvgIpc) is 3.66. The molecule has 1 aromatic carbocycles. The molecule has 0 heterocycles. The summed E-state index contributed by atoms with van der Waals surface area (Å²) >= 11 is 0. The Bertz CT molecular complexity index is 1340. The summed E-state index contributed by atoms with van der Waals surface area (Å²) in [5.41, 5.74) is 3.85. The number of Topliss-reactive ketones (excluding diaryl/α,β-unsaturated/α-hetero) is 2. The van der Waals surface area contributed by atoms with Crippen LogP contribution in [-0.4, -0.2) is 89.2 Å². The van der Waals surface area contributed by atoms with E-state index in [1.807, 2.05) is 25.1 Å². The predicted molar refractivity (Wildman–Crippen MR) is 143 cm³/mol. The Morgan fingerprint density at radius 1 is 1.15 bits per heavy atom. The molecule has 0 bridgehead atoms. The smallest absolute Gasteiger partial charge is 0.255 e. The van der Waals surface area contributed by atoms with Crippen molar-refractivity contribution < 1.29 is 34.8 Å². The number of carbonyl (C=O) groups excluding carboxylic acids is 3. The molecule has 5 rings (SSSR count). The maximum absolute atomic E-state index is 14.0. The number of rotatable bonds is 7. The number of fused-ring (bicyclic) bond motifs is 3. The van der Waals surface area contributed by atoms with Crippen LogP contribution in [-0.2, 0) is 27.3 Å². The van der Waals surface area contributed by atoms with E-state index >= 15 is 0 Å². The van der Waals surface area contributed by atoms with Gasteiger partial charge in [0.25, 0.3) is 5.91 Å². The number of nitrogens with two attached hydrogens (primary N) is 1. The lowest BCUT2D eigenvalue weighted by molar-refractivity contribution is -0.153. The zero-order valence-electron chi connectivity index (χ0n) is 22.6. The van der Waals surface area contributed by atoms with Crippen LogP contribution in [0.3, 0.4) is 0 Å². The Labute approximate surface area is 226 Å². The van der Waals surface area contributed by atoms with Crippen LogP contribution in [0.4, 0.5) is 5.69 Å². The van der Waals surface area contributed by atoms with Gasteiger partial charge in [-0.15, -0.1) is 0 Å². The van der Waals surface area contributed by atoms with Gasteiger partial charge in [0, 0.05) is 43.4 Å². The fourth-order valence-electron chi connectivity index (χ4n) is 6.61. The molecule has 1 amide bonds. The van der Waals surface area contributed by atoms with Crippen LogP contribution < -0.4 is 16.0 Å². The second-order valence-corrected chi connectivity index (χ2v) is 11.7. The second kappa shape index (κ2) is 9.35. The Morgan fingerprint density at radius 3 is 2.38 bits per heavy atom. The predicted octanol–water partition coefficient (Wildman–Crippen LogP) is 0.530. The van der Waals surface area contributed by atoms with E-state index in [0.29, 0.717) is 23.6 Å². The van der Waals surface area contributed by atoms with Gasteiger partial charge in [-0.3, -0.25) is 19.3 Å². The normalized spacial score (nSPS) is 28.4. The van der Waals surface area contributed by atoms with Crippen molar-refractivity contribution >= 4 is 28.9 Å². The van der Waals surface area contributed by atoms with E-state index in [-0.39, 0.29) is 29.7 Å². The molecule has 4 aliphatic carbocycles. The van der Waals surface area contributed by atoms with Gasteiger partial charge >= 0.3 is 0 Å². The Kier molecular flexibility index (Phi) is 6.52. The average molecular weight is 541 g/mol. The van der Waals surface area contributed by atoms with Gasteiger partial charge in [0.15, 0.2) is 11.4 Å². The number of benzene rings is 1. The topological polar surface area (TPSA) is 177 Å². The largest absolute Gasteiger partial charge is 0.508 e. The molecule has 1 aromatic rings. The van der Waals surface area contributed by atoms with Gasteiger partial charge in [-0.1, -0.05) is 0 Å². The number of carbonyl (C=O) groups is 3. The number of nitrogens with zero attached hydrogens (tertiary/aromatic N) is 2. The van der Waals surface area contributed by atoms with E-state index in [0.717, 1.165) is 12.2 Å². The molecular formula is C28H36N4O7. The summed E-state index contributed by atoms with van der Waals surface area (Å²) in [6, 6.07) is 0.762. The van der Waals surface area contributed by atoms with Gasteiger partial charge in [-0.05, 0) is 69.8 Å². The molecule has 0 radical (unpaired) electrons. The summed E-state index contributed by atoms with van der Waals surface area (Å²) in [7, 11) is 6.86. The maximum Gasteiger partial charge on any atom is 0.255 e. The molecule has 4 atom stereocenters. The summed E-state index contributed by atoms with van der Waals surface area (Å²) in [6.45, 7) is 1.18. The molecule has 4 aliphatic rings. The van der Waals surface area contributed by atoms with E-state index in [2.05, 4.69) is 5.32 Å². The summed E-state index contributed by atoms with van der Waals surface area (Å²) in [5, 5.41) is 48.9. The number of phenols is 1. The zero-order valence-corrected chi connectivity index (χ0v) is 22.6. The van der Waals surface area contributed by atoms with Crippen molar-refractivity contribution in [3.63, 3.8) is 0 Å². The standard InChI is InChI=1S/C28H36N4O7/c1-31(2)17-9-14(11-30-10-12-5-6-12)22(33)19-15(17)7-13-8-16-21(32(3)4)24(35)20(27(29)38)26(37)28(16,39)25(36)18(13)23(19)34/h9,12-13,16,21,30,33-34,37,39H,5-8,10-11H2,1-4H3,(H2,29,38)/t13-,16-,21?,28-/m0/s1. The number of hydrogen-bond acceptors (Lipinski definition) is 10. The van der Waals surface area contributed by atoms with E-state index in [1.165, 1.54) is 17.7 Å². The third-order valence-corrected chi connectivity index (χ3v) is 8.70. The number of ketones is 2. The van der Waals surface area contributed by atoms with E-state index in [1.54, 1.807) is 14.1 Å². The number of hydrogen-bond donors (Lipinski definition) is 6. The van der Waals surface area contributed by atoms with Crippen LogP contribution in [0, 0.1) is 17.8 Å². The first-order chi connectivity index (χ1) is 18.3. The van der Waals surface area contributed by atoms with E-state index in [4.69, 9.17) is 5.73 Å². The molecule has 0 aliphatic heterocycles. The SMILES string of the molecule is CN(C)c1cc(CNCC2CC2)c(O)c2c1C[C@H]1C[C@H]3C(N(C)C)C(=O)C(C(N)=O)=C(O)[C@@]3(O)C(=O)C1=C2O. The molecule has 210 valence electrons. The highest BCUT2D eigenvalue weighted by atomic mass is 16.3. The zero-order chi connectivity index (χ0) is 28.5. The maximum atomic E-state index is 14.0. The fraction of sp³-hybridized carbons (Fsp3) is 0.536. The number of anilines is 1. The highest BCUT2D eigenvalue weighted by Gasteiger charge is 2.64. The van der Waals surface area contributed by atoms with Gasteiger partial charge in [-0.2, -0.15) is 0 Å². The first-order valence-electron chi connectivity index (χ1n) is 13.2. The second-order valence-electron chi connectivity index (χ2n) is 11.7. The van der Waals surface area contributed by atoms with Gasteiger partial charge in [0.2, 0.25) is 5.78 Å². The number of aromatic hydroxyl groups is 1. The van der Waals surface area contributed by atoms with Gasteiger partial charge < -0.3 is 36.4 Å². The van der Waals surface area contributed by atoms with Crippen LogP contribution >= 0.6 is 0 Å². The fourth-order valence-corrected chi connectivity index (χ4v) is 6.61.